The van der Waals surface area contributed by atoms with Gasteiger partial charge in [0.2, 0.25) is 0 Å². The van der Waals surface area contributed by atoms with E-state index in [0.717, 1.165) is 41.4 Å². The van der Waals surface area contributed by atoms with Crippen LogP contribution in [0.2, 0.25) is 0 Å². The molecule has 29 heavy (non-hydrogen) atoms. The summed E-state index contributed by atoms with van der Waals surface area (Å²) in [5, 5.41) is 0. The largest absolute Gasteiger partial charge is 0.381 e. The molecular weight excluding hydrogens is 352 g/mol. The van der Waals surface area contributed by atoms with Crippen LogP contribution in [0.5, 0.6) is 0 Å². The smallest absolute Gasteiger partial charge is 0.0638 e. The molecule has 166 valence electrons. The molecule has 5 aliphatic carbocycles. The molecule has 0 aromatic rings. The second-order valence-electron chi connectivity index (χ2n) is 13.3. The fourth-order valence-corrected chi connectivity index (χ4v) is 10.6. The SMILES string of the molecule is CO[C@@H]1C[C@H]2[C@@H]3CC[C@H]([C@H](C)CCCC(C)C)[C@@]3(C)CC[C@@H]2[C@@]2(C)CCC3CC312. The van der Waals surface area contributed by atoms with E-state index in [1.54, 1.807) is 0 Å². The van der Waals surface area contributed by atoms with Crippen LogP contribution in [0.15, 0.2) is 0 Å². The highest BCUT2D eigenvalue weighted by atomic mass is 16.5. The summed E-state index contributed by atoms with van der Waals surface area (Å²) in [4.78, 5) is 0. The van der Waals surface area contributed by atoms with Crippen LogP contribution in [0.1, 0.15) is 105 Å². The van der Waals surface area contributed by atoms with Crippen molar-refractivity contribution < 1.29 is 4.74 Å². The Morgan fingerprint density at radius 2 is 1.72 bits per heavy atom. The van der Waals surface area contributed by atoms with Gasteiger partial charge in [-0.3, -0.25) is 0 Å². The summed E-state index contributed by atoms with van der Waals surface area (Å²) in [7, 11) is 2.03. The molecule has 0 N–H and O–H groups in total. The predicted octanol–water partition coefficient (Wildman–Crippen LogP) is 7.73. The lowest BCUT2D eigenvalue weighted by Crippen LogP contribution is -2.57. The number of methoxy groups -OCH3 is 1. The Kier molecular flexibility index (Phi) is 5.02. The second-order valence-corrected chi connectivity index (χ2v) is 13.3. The minimum Gasteiger partial charge on any atom is -0.381 e. The topological polar surface area (TPSA) is 9.23 Å². The molecule has 1 heteroatoms. The molecule has 0 aromatic carbocycles. The van der Waals surface area contributed by atoms with Crippen LogP contribution in [-0.4, -0.2) is 13.2 Å². The number of hydrogen-bond donors (Lipinski definition) is 0. The molecule has 5 fully saturated rings. The highest BCUT2D eigenvalue weighted by Crippen LogP contribution is 2.82. The third kappa shape index (κ3) is 2.74. The zero-order valence-corrected chi connectivity index (χ0v) is 20.3. The average molecular weight is 401 g/mol. The molecule has 1 spiro atoms. The van der Waals surface area contributed by atoms with Gasteiger partial charge in [-0.1, -0.05) is 53.9 Å². The maximum absolute atomic E-state index is 6.30. The van der Waals surface area contributed by atoms with Crippen LogP contribution < -0.4 is 0 Å². The normalized spacial score (nSPS) is 53.9. The van der Waals surface area contributed by atoms with Gasteiger partial charge in [0.1, 0.15) is 0 Å². The minimum absolute atomic E-state index is 0.561. The maximum atomic E-state index is 6.30. The summed E-state index contributed by atoms with van der Waals surface area (Å²) >= 11 is 0. The molecule has 0 amide bonds. The molecule has 5 saturated carbocycles. The van der Waals surface area contributed by atoms with E-state index in [4.69, 9.17) is 4.74 Å². The maximum Gasteiger partial charge on any atom is 0.0638 e. The number of hydrogen-bond acceptors (Lipinski definition) is 1. The lowest BCUT2D eigenvalue weighted by atomic mass is 9.45. The van der Waals surface area contributed by atoms with Gasteiger partial charge in [-0.2, -0.15) is 0 Å². The van der Waals surface area contributed by atoms with Crippen molar-refractivity contribution >= 4 is 0 Å². The van der Waals surface area contributed by atoms with Gasteiger partial charge in [0.25, 0.3) is 0 Å². The summed E-state index contributed by atoms with van der Waals surface area (Å²) in [6.07, 6.45) is 16.8. The summed E-state index contributed by atoms with van der Waals surface area (Å²) in [6.45, 7) is 12.8. The van der Waals surface area contributed by atoms with Crippen LogP contribution in [-0.2, 0) is 4.74 Å². The monoisotopic (exact) mass is 400 g/mol. The van der Waals surface area contributed by atoms with Crippen molar-refractivity contribution in [3.05, 3.63) is 0 Å². The summed E-state index contributed by atoms with van der Waals surface area (Å²) < 4.78 is 6.30. The van der Waals surface area contributed by atoms with E-state index in [1.165, 1.54) is 70.6 Å². The molecule has 1 nitrogen and oxygen atoms in total. The quantitative estimate of drug-likeness (QED) is 0.443. The molecule has 2 unspecified atom stereocenters. The van der Waals surface area contributed by atoms with Crippen LogP contribution >= 0.6 is 0 Å². The first-order valence-electron chi connectivity index (χ1n) is 13.3. The Hall–Kier alpha value is -0.0400. The molecule has 0 bridgehead atoms. The number of ether oxygens (including phenoxy) is 1. The second kappa shape index (κ2) is 6.98. The van der Waals surface area contributed by atoms with Gasteiger partial charge in [-0.15, -0.1) is 0 Å². The third-order valence-electron chi connectivity index (χ3n) is 12.0. The first kappa shape index (κ1) is 20.8. The van der Waals surface area contributed by atoms with Crippen LogP contribution in [0.4, 0.5) is 0 Å². The summed E-state index contributed by atoms with van der Waals surface area (Å²) in [5.41, 5.74) is 1.78. The molecule has 0 aromatic heterocycles. The van der Waals surface area contributed by atoms with E-state index >= 15 is 0 Å². The summed E-state index contributed by atoms with van der Waals surface area (Å²) in [6, 6.07) is 0. The van der Waals surface area contributed by atoms with Gasteiger partial charge in [0.05, 0.1) is 6.10 Å². The third-order valence-corrected chi connectivity index (χ3v) is 12.0. The van der Waals surface area contributed by atoms with Gasteiger partial charge in [0, 0.05) is 12.5 Å². The van der Waals surface area contributed by atoms with Crippen molar-refractivity contribution in [3.63, 3.8) is 0 Å². The lowest BCUT2D eigenvalue weighted by Gasteiger charge is -2.61. The summed E-state index contributed by atoms with van der Waals surface area (Å²) in [5.74, 6) is 6.68. The first-order valence-corrected chi connectivity index (χ1v) is 13.3. The van der Waals surface area contributed by atoms with Crippen LogP contribution in [0, 0.1) is 57.7 Å². The highest BCUT2D eigenvalue weighted by molar-refractivity contribution is 5.26. The first-order chi connectivity index (χ1) is 13.8. The highest BCUT2D eigenvalue weighted by Gasteiger charge is 2.77. The van der Waals surface area contributed by atoms with E-state index in [1.807, 2.05) is 7.11 Å². The zero-order valence-electron chi connectivity index (χ0n) is 20.3. The number of fused-ring (bicyclic) bond motifs is 4. The van der Waals surface area contributed by atoms with Gasteiger partial charge >= 0.3 is 0 Å². The van der Waals surface area contributed by atoms with Gasteiger partial charge in [-0.25, -0.2) is 0 Å². The molecule has 0 aliphatic heterocycles. The molecular formula is C28H48O. The fourth-order valence-electron chi connectivity index (χ4n) is 10.6. The van der Waals surface area contributed by atoms with Crippen molar-refractivity contribution in [2.75, 3.05) is 7.11 Å². The standard InChI is InChI=1S/C28H48O/c1-18(2)8-7-9-19(3)22-10-11-23-21-16-25(29-6)28-17-20(28)12-15-27(28,5)24(21)13-14-26(22,23)4/h18-25H,7-17H2,1-6H3/t19-,20?,21+,22-,23+,24+,25-,26-,27-,28?/m1/s1. The van der Waals surface area contributed by atoms with E-state index in [-0.39, 0.29) is 0 Å². The Bertz CT molecular complexity index is 626. The van der Waals surface area contributed by atoms with Gasteiger partial charge in [0.15, 0.2) is 0 Å². The molecule has 5 aliphatic rings. The van der Waals surface area contributed by atoms with Gasteiger partial charge < -0.3 is 4.74 Å². The Balaban J connectivity index is 1.35. The fraction of sp³-hybridized carbons (Fsp3) is 1.00. The van der Waals surface area contributed by atoms with Crippen molar-refractivity contribution in [2.24, 2.45) is 57.7 Å². The van der Waals surface area contributed by atoms with Crippen molar-refractivity contribution in [2.45, 2.75) is 111 Å². The van der Waals surface area contributed by atoms with Gasteiger partial charge in [-0.05, 0) is 104 Å². The van der Waals surface area contributed by atoms with Crippen molar-refractivity contribution in [3.8, 4) is 0 Å². The molecule has 5 rings (SSSR count). The predicted molar refractivity (Wildman–Crippen MR) is 122 cm³/mol. The Morgan fingerprint density at radius 3 is 2.41 bits per heavy atom. The Labute approximate surface area is 181 Å². The van der Waals surface area contributed by atoms with Crippen molar-refractivity contribution in [1.29, 1.82) is 0 Å². The van der Waals surface area contributed by atoms with E-state index in [2.05, 4.69) is 34.6 Å². The molecule has 0 saturated heterocycles. The average Bonchev–Trinajstić information content (AvgIpc) is 3.18. The molecule has 10 atom stereocenters. The zero-order chi connectivity index (χ0) is 20.6. The van der Waals surface area contributed by atoms with E-state index < -0.39 is 0 Å². The lowest BCUT2D eigenvalue weighted by molar-refractivity contribution is -0.161. The number of rotatable bonds is 6. The van der Waals surface area contributed by atoms with E-state index in [0.29, 0.717) is 22.3 Å². The Morgan fingerprint density at radius 1 is 0.931 bits per heavy atom. The molecule has 0 heterocycles. The van der Waals surface area contributed by atoms with E-state index in [9.17, 15) is 0 Å². The molecule has 0 radical (unpaired) electrons. The van der Waals surface area contributed by atoms with Crippen LogP contribution in [0.25, 0.3) is 0 Å². The van der Waals surface area contributed by atoms with Crippen LogP contribution in [0.3, 0.4) is 0 Å². The minimum atomic E-state index is 0.561. The van der Waals surface area contributed by atoms with Crippen molar-refractivity contribution in [1.82, 2.24) is 0 Å².